The molecule has 3 rings (SSSR count). The number of rotatable bonds is 21. The Morgan fingerprint density at radius 1 is 0.843 bits per heavy atom. The molecule has 3 unspecified atom stereocenters. The number of nitrogens with two attached hydrogens (primary N) is 1. The fourth-order valence-corrected chi connectivity index (χ4v) is 11.8. The molecule has 3 atom stereocenters. The van der Waals surface area contributed by atoms with Gasteiger partial charge in [-0.3, -0.25) is 23.5 Å². The predicted octanol–water partition coefficient (Wildman–Crippen LogP) is 6.99. The molecule has 1 fully saturated rings. The van der Waals surface area contributed by atoms with Crippen molar-refractivity contribution in [3.63, 3.8) is 0 Å². The van der Waals surface area contributed by atoms with Crippen LogP contribution in [0.4, 0.5) is 5.69 Å². The highest BCUT2D eigenvalue weighted by atomic mass is 31.2. The van der Waals surface area contributed by atoms with Gasteiger partial charge in [-0.1, -0.05) is 30.7 Å². The molecule has 15 heteroatoms. The first-order valence-corrected chi connectivity index (χ1v) is 21.0. The van der Waals surface area contributed by atoms with Gasteiger partial charge in [0.15, 0.2) is 5.40 Å². The SMILES string of the molecule is CCOP(=O)(OCC)C(c1ccc(CC(NC(C)=O)C(=O)N(CC)c2ccc(OCC3CCCC(C(N)=O)C3)cc2)cc1)P(=O)(OCC)OCC. The third-order valence-corrected chi connectivity index (χ3v) is 14.6. The summed E-state index contributed by atoms with van der Waals surface area (Å²) in [5.41, 5.74) is 7.22. The summed E-state index contributed by atoms with van der Waals surface area (Å²) in [5.74, 6) is -0.136. The molecule has 2 aromatic rings. The van der Waals surface area contributed by atoms with Crippen LogP contribution in [-0.4, -0.2) is 63.3 Å². The summed E-state index contributed by atoms with van der Waals surface area (Å²) in [6, 6.07) is 13.0. The van der Waals surface area contributed by atoms with Gasteiger partial charge < -0.3 is 38.8 Å². The molecule has 0 bridgehead atoms. The van der Waals surface area contributed by atoms with Crippen LogP contribution in [0.3, 0.4) is 0 Å². The fraction of sp³-hybridized carbons (Fsp3) is 0.583. The van der Waals surface area contributed by atoms with Gasteiger partial charge in [-0.05, 0) is 95.2 Å². The maximum atomic E-state index is 14.1. The van der Waals surface area contributed by atoms with Crippen molar-refractivity contribution in [2.24, 2.45) is 17.6 Å². The summed E-state index contributed by atoms with van der Waals surface area (Å²) in [5, 5.41) is 1.44. The van der Waals surface area contributed by atoms with Crippen LogP contribution in [-0.2, 0) is 48.0 Å². The van der Waals surface area contributed by atoms with Gasteiger partial charge in [-0.2, -0.15) is 0 Å². The van der Waals surface area contributed by atoms with E-state index >= 15 is 0 Å². The van der Waals surface area contributed by atoms with Crippen LogP contribution >= 0.6 is 15.2 Å². The van der Waals surface area contributed by atoms with Crippen molar-refractivity contribution in [2.45, 2.75) is 85.1 Å². The zero-order chi connectivity index (χ0) is 37.6. The average molecular weight is 752 g/mol. The molecule has 0 heterocycles. The molecule has 1 saturated carbocycles. The normalized spacial score (nSPS) is 17.2. The van der Waals surface area contributed by atoms with E-state index < -0.39 is 26.6 Å². The molecule has 0 spiro atoms. The maximum absolute atomic E-state index is 14.1. The number of likely N-dealkylation sites (N-methyl/N-ethyl adjacent to an activating group) is 1. The number of amides is 3. The molecule has 1 aliphatic rings. The molecule has 0 saturated heterocycles. The van der Waals surface area contributed by atoms with Crippen molar-refractivity contribution in [3.8, 4) is 5.75 Å². The number of nitrogens with zero attached hydrogens (tertiary/aromatic N) is 1. The molecule has 0 aliphatic heterocycles. The standard InChI is InChI=1S/C36H55N3O10P2/c1-7-39(31-19-21-32(22-20-31)45-25-28-13-12-14-30(23-28)34(37)41)35(42)33(38-26(6)40)24-27-15-17-29(18-16-27)36(50(43,46-8-2)47-9-3)51(44,48-10-4)49-11-5/h15-22,28,30,33,36H,7-14,23-25H2,1-6H3,(H2,37,41)(H,38,40). The summed E-state index contributed by atoms with van der Waals surface area (Å²) in [4.78, 5) is 39.4. The Morgan fingerprint density at radius 3 is 1.86 bits per heavy atom. The summed E-state index contributed by atoms with van der Waals surface area (Å²) >= 11 is 0. The lowest BCUT2D eigenvalue weighted by atomic mass is 9.81. The number of ether oxygens (including phenoxy) is 1. The van der Waals surface area contributed by atoms with Gasteiger partial charge in [-0.15, -0.1) is 0 Å². The van der Waals surface area contributed by atoms with Crippen molar-refractivity contribution in [3.05, 3.63) is 59.7 Å². The van der Waals surface area contributed by atoms with Gasteiger partial charge in [0, 0.05) is 31.5 Å². The smallest absolute Gasteiger partial charge is 0.350 e. The molecule has 0 radical (unpaired) electrons. The zero-order valence-electron chi connectivity index (χ0n) is 30.7. The lowest BCUT2D eigenvalue weighted by molar-refractivity contribution is -0.126. The topological polar surface area (TPSA) is 173 Å². The minimum Gasteiger partial charge on any atom is -0.493 e. The first-order chi connectivity index (χ1) is 24.3. The largest absolute Gasteiger partial charge is 0.493 e. The number of hydrogen-bond donors (Lipinski definition) is 2. The highest BCUT2D eigenvalue weighted by Gasteiger charge is 2.52. The van der Waals surface area contributed by atoms with Crippen molar-refractivity contribution < 1.29 is 46.3 Å². The number of benzene rings is 2. The zero-order valence-corrected chi connectivity index (χ0v) is 32.5. The average Bonchev–Trinajstić information content (AvgIpc) is 3.09. The Hall–Kier alpha value is -3.05. The van der Waals surface area contributed by atoms with Gasteiger partial charge in [0.1, 0.15) is 11.8 Å². The quantitative estimate of drug-likeness (QED) is 0.127. The van der Waals surface area contributed by atoms with E-state index in [0.29, 0.717) is 35.7 Å². The minimum absolute atomic E-state index is 0.0492. The first kappa shape index (κ1) is 42.4. The van der Waals surface area contributed by atoms with E-state index in [1.54, 1.807) is 81.1 Å². The second-order valence-electron chi connectivity index (χ2n) is 12.3. The van der Waals surface area contributed by atoms with Gasteiger partial charge >= 0.3 is 15.2 Å². The van der Waals surface area contributed by atoms with Crippen LogP contribution in [0, 0.1) is 11.8 Å². The highest BCUT2D eigenvalue weighted by molar-refractivity contribution is 7.72. The van der Waals surface area contributed by atoms with Gasteiger partial charge in [0.2, 0.25) is 17.7 Å². The number of nitrogens with one attached hydrogen (secondary N) is 1. The molecule has 3 amide bonds. The molecule has 284 valence electrons. The number of hydrogen-bond acceptors (Lipinski definition) is 10. The maximum Gasteiger partial charge on any atom is 0.350 e. The van der Waals surface area contributed by atoms with E-state index in [9.17, 15) is 23.5 Å². The molecular formula is C36H55N3O10P2. The molecule has 0 aromatic heterocycles. The number of anilines is 1. The summed E-state index contributed by atoms with van der Waals surface area (Å²) in [7, 11) is -8.08. The Morgan fingerprint density at radius 2 is 1.39 bits per heavy atom. The molecule has 1 aliphatic carbocycles. The Balaban J connectivity index is 1.82. The van der Waals surface area contributed by atoms with Crippen molar-refractivity contribution in [2.75, 3.05) is 44.5 Å². The van der Waals surface area contributed by atoms with Crippen LogP contribution in [0.2, 0.25) is 0 Å². The second kappa shape index (κ2) is 20.3. The van der Waals surface area contributed by atoms with E-state index in [-0.39, 0.29) is 62.4 Å². The highest BCUT2D eigenvalue weighted by Crippen LogP contribution is 2.78. The van der Waals surface area contributed by atoms with Crippen LogP contribution in [0.15, 0.2) is 48.5 Å². The predicted molar refractivity (Wildman–Crippen MR) is 197 cm³/mol. The summed E-state index contributed by atoms with van der Waals surface area (Å²) in [6.07, 6.45) is 3.63. The summed E-state index contributed by atoms with van der Waals surface area (Å²) < 4.78 is 56.7. The Labute approximate surface area is 302 Å². The lowest BCUT2D eigenvalue weighted by Gasteiger charge is -2.31. The van der Waals surface area contributed by atoms with E-state index in [1.165, 1.54) is 6.92 Å². The van der Waals surface area contributed by atoms with Crippen LogP contribution in [0.1, 0.15) is 83.8 Å². The third-order valence-electron chi connectivity index (χ3n) is 8.63. The molecular weight excluding hydrogens is 696 g/mol. The number of primary amides is 1. The van der Waals surface area contributed by atoms with Crippen molar-refractivity contribution in [1.29, 1.82) is 0 Å². The van der Waals surface area contributed by atoms with E-state index in [0.717, 1.165) is 25.7 Å². The molecule has 13 nitrogen and oxygen atoms in total. The van der Waals surface area contributed by atoms with Gasteiger partial charge in [-0.25, -0.2) is 0 Å². The Bertz CT molecular complexity index is 1470. The van der Waals surface area contributed by atoms with Crippen LogP contribution in [0.5, 0.6) is 5.75 Å². The van der Waals surface area contributed by atoms with E-state index in [4.69, 9.17) is 28.6 Å². The van der Waals surface area contributed by atoms with Gasteiger partial charge in [0.25, 0.3) is 0 Å². The Kier molecular flexibility index (Phi) is 16.8. The van der Waals surface area contributed by atoms with Gasteiger partial charge in [0.05, 0.1) is 33.0 Å². The molecule has 51 heavy (non-hydrogen) atoms. The van der Waals surface area contributed by atoms with E-state index in [1.807, 2.05) is 6.92 Å². The number of carbonyl (C=O) groups excluding carboxylic acids is 3. The lowest BCUT2D eigenvalue weighted by Crippen LogP contribution is -2.49. The first-order valence-electron chi connectivity index (χ1n) is 17.8. The monoisotopic (exact) mass is 751 g/mol. The van der Waals surface area contributed by atoms with E-state index in [2.05, 4.69) is 5.32 Å². The number of carbonyl (C=O) groups is 3. The van der Waals surface area contributed by atoms with Crippen LogP contribution in [0.25, 0.3) is 0 Å². The van der Waals surface area contributed by atoms with Crippen molar-refractivity contribution in [1.82, 2.24) is 5.32 Å². The second-order valence-corrected chi connectivity index (χ2v) is 17.0. The fourth-order valence-electron chi connectivity index (χ4n) is 6.41. The summed E-state index contributed by atoms with van der Waals surface area (Å²) in [6.45, 7) is 10.9. The minimum atomic E-state index is -4.04. The molecule has 2 aromatic carbocycles. The third kappa shape index (κ3) is 11.7. The van der Waals surface area contributed by atoms with Crippen LogP contribution < -0.4 is 20.7 Å². The van der Waals surface area contributed by atoms with Crippen molar-refractivity contribution >= 4 is 38.6 Å². The molecule has 3 N–H and O–H groups in total.